The van der Waals surface area contributed by atoms with Crippen LogP contribution >= 0.6 is 0 Å². The second-order valence-electron chi connectivity index (χ2n) is 5.38. The Morgan fingerprint density at radius 3 is 2.64 bits per heavy atom. The van der Waals surface area contributed by atoms with E-state index in [-0.39, 0.29) is 6.61 Å². The molecule has 1 N–H and O–H groups in total. The van der Waals surface area contributed by atoms with Gasteiger partial charge in [-0.25, -0.2) is 4.79 Å². The van der Waals surface area contributed by atoms with Crippen molar-refractivity contribution in [1.29, 1.82) is 5.26 Å². The summed E-state index contributed by atoms with van der Waals surface area (Å²) in [4.78, 5) is 36.2. The summed E-state index contributed by atoms with van der Waals surface area (Å²) < 4.78 is 5.03. The zero-order valence-electron chi connectivity index (χ0n) is 12.3. The summed E-state index contributed by atoms with van der Waals surface area (Å²) in [7, 11) is 0. The molecule has 0 aliphatic carbocycles. The summed E-state index contributed by atoms with van der Waals surface area (Å²) in [5.41, 5.74) is -0.0487. The molecular formula is C15H15N3O4. The summed E-state index contributed by atoms with van der Waals surface area (Å²) in [6.45, 7) is 2.57. The summed E-state index contributed by atoms with van der Waals surface area (Å²) in [5.74, 6) is -1.19. The number of carbonyl (C=O) groups is 3. The van der Waals surface area contributed by atoms with E-state index >= 15 is 0 Å². The van der Waals surface area contributed by atoms with Crippen molar-refractivity contribution in [3.05, 3.63) is 35.4 Å². The van der Waals surface area contributed by atoms with Gasteiger partial charge in [-0.2, -0.15) is 5.26 Å². The number of ether oxygens (including phenoxy) is 1. The molecule has 0 aromatic heterocycles. The Balaban J connectivity index is 1.96. The number of imide groups is 1. The van der Waals surface area contributed by atoms with Crippen molar-refractivity contribution < 1.29 is 19.1 Å². The molecule has 0 unspecified atom stereocenters. The average Bonchev–Trinajstić information content (AvgIpc) is 2.67. The molecule has 2 rings (SSSR count). The third-order valence-electron chi connectivity index (χ3n) is 3.26. The Bertz CT molecular complexity index is 676. The normalized spacial score (nSPS) is 16.1. The summed E-state index contributed by atoms with van der Waals surface area (Å²) in [6, 6.07) is 8.09. The molecule has 7 heteroatoms. The smallest absolute Gasteiger partial charge is 0.326 e. The fourth-order valence-corrected chi connectivity index (χ4v) is 2.05. The van der Waals surface area contributed by atoms with Gasteiger partial charge in [-0.3, -0.25) is 14.5 Å². The molecule has 0 saturated carbocycles. The Morgan fingerprint density at radius 2 is 2.05 bits per heavy atom. The van der Waals surface area contributed by atoms with Crippen LogP contribution in [0.3, 0.4) is 0 Å². The molecule has 1 saturated heterocycles. The highest BCUT2D eigenvalue weighted by Crippen LogP contribution is 2.16. The van der Waals surface area contributed by atoms with Gasteiger partial charge < -0.3 is 10.1 Å². The van der Waals surface area contributed by atoms with Crippen molar-refractivity contribution in [3.63, 3.8) is 0 Å². The van der Waals surface area contributed by atoms with Gasteiger partial charge in [0.15, 0.2) is 0 Å². The molecule has 1 heterocycles. The molecule has 1 aromatic rings. The summed E-state index contributed by atoms with van der Waals surface area (Å²) >= 11 is 0. The fraction of sp³-hybridized carbons (Fsp3) is 0.333. The maximum absolute atomic E-state index is 11.9. The zero-order valence-corrected chi connectivity index (χ0v) is 12.3. The van der Waals surface area contributed by atoms with Crippen LogP contribution in [0.1, 0.15) is 25.0 Å². The first-order chi connectivity index (χ1) is 10.3. The number of nitrogens with zero attached hydrogens (tertiary/aromatic N) is 2. The molecule has 1 aliphatic rings. The van der Waals surface area contributed by atoms with Crippen molar-refractivity contribution in [2.45, 2.75) is 26.0 Å². The number of esters is 1. The Hall–Kier alpha value is -2.88. The highest BCUT2D eigenvalue weighted by molar-refractivity contribution is 6.08. The molecule has 0 spiro atoms. The van der Waals surface area contributed by atoms with Crippen molar-refractivity contribution in [1.82, 2.24) is 10.2 Å². The minimum absolute atomic E-state index is 0.0877. The number of hydrogen-bond acceptors (Lipinski definition) is 5. The minimum atomic E-state index is -1.02. The SMILES string of the molecule is CC1(C)NC(=O)N(CC(=O)OCc2ccccc2C#N)C1=O. The lowest BCUT2D eigenvalue weighted by Crippen LogP contribution is -2.41. The van der Waals surface area contributed by atoms with Crippen molar-refractivity contribution in [2.24, 2.45) is 0 Å². The van der Waals surface area contributed by atoms with Gasteiger partial charge in [0.1, 0.15) is 18.7 Å². The lowest BCUT2D eigenvalue weighted by molar-refractivity contribution is -0.148. The van der Waals surface area contributed by atoms with Crippen LogP contribution in [0.4, 0.5) is 4.79 Å². The highest BCUT2D eigenvalue weighted by Gasteiger charge is 2.45. The van der Waals surface area contributed by atoms with Gasteiger partial charge in [0.05, 0.1) is 11.6 Å². The number of benzene rings is 1. The van der Waals surface area contributed by atoms with Crippen molar-refractivity contribution >= 4 is 17.9 Å². The van der Waals surface area contributed by atoms with Gasteiger partial charge in [-0.1, -0.05) is 18.2 Å². The Morgan fingerprint density at radius 1 is 1.36 bits per heavy atom. The average molecular weight is 301 g/mol. The molecule has 1 aromatic carbocycles. The second kappa shape index (κ2) is 5.85. The van der Waals surface area contributed by atoms with Gasteiger partial charge in [-0.15, -0.1) is 0 Å². The van der Waals surface area contributed by atoms with Gasteiger partial charge in [-0.05, 0) is 19.9 Å². The van der Waals surface area contributed by atoms with Crippen molar-refractivity contribution in [2.75, 3.05) is 6.54 Å². The van der Waals surface area contributed by atoms with E-state index in [2.05, 4.69) is 5.32 Å². The fourth-order valence-electron chi connectivity index (χ4n) is 2.05. The topological polar surface area (TPSA) is 99.5 Å². The van der Waals surface area contributed by atoms with Crippen molar-refractivity contribution in [3.8, 4) is 6.07 Å². The molecule has 7 nitrogen and oxygen atoms in total. The van der Waals surface area contributed by atoms with Gasteiger partial charge in [0, 0.05) is 5.56 Å². The van der Waals surface area contributed by atoms with E-state index in [1.165, 1.54) is 0 Å². The van der Waals surface area contributed by atoms with Gasteiger partial charge >= 0.3 is 12.0 Å². The van der Waals surface area contributed by atoms with Crippen LogP contribution in [0, 0.1) is 11.3 Å². The monoisotopic (exact) mass is 301 g/mol. The lowest BCUT2D eigenvalue weighted by atomic mass is 10.1. The largest absolute Gasteiger partial charge is 0.459 e. The lowest BCUT2D eigenvalue weighted by Gasteiger charge is -2.15. The quantitative estimate of drug-likeness (QED) is 0.659. The molecule has 1 fully saturated rings. The Labute approximate surface area is 127 Å². The summed E-state index contributed by atoms with van der Waals surface area (Å²) in [5, 5.41) is 11.4. The Kier molecular flexibility index (Phi) is 4.13. The maximum Gasteiger partial charge on any atom is 0.326 e. The first-order valence-electron chi connectivity index (χ1n) is 6.63. The minimum Gasteiger partial charge on any atom is -0.459 e. The number of urea groups is 1. The number of nitrogens with one attached hydrogen (secondary N) is 1. The predicted molar refractivity (Wildman–Crippen MR) is 75.3 cm³/mol. The molecule has 22 heavy (non-hydrogen) atoms. The van der Waals surface area contributed by atoms with Crippen LogP contribution in [-0.4, -0.2) is 34.9 Å². The van der Waals surface area contributed by atoms with Crippen LogP contribution in [0.15, 0.2) is 24.3 Å². The first kappa shape index (κ1) is 15.5. The maximum atomic E-state index is 11.9. The van der Waals surface area contributed by atoms with E-state index in [1.54, 1.807) is 38.1 Å². The number of carbonyl (C=O) groups excluding carboxylic acids is 3. The third-order valence-corrected chi connectivity index (χ3v) is 3.26. The highest BCUT2D eigenvalue weighted by atomic mass is 16.5. The third kappa shape index (κ3) is 3.06. The first-order valence-corrected chi connectivity index (χ1v) is 6.63. The molecule has 0 atom stereocenters. The number of hydrogen-bond donors (Lipinski definition) is 1. The summed E-state index contributed by atoms with van der Waals surface area (Å²) in [6.07, 6.45) is 0. The molecular weight excluding hydrogens is 286 g/mol. The van der Waals surface area contributed by atoms with E-state index in [1.807, 2.05) is 6.07 Å². The van der Waals surface area contributed by atoms with E-state index in [0.29, 0.717) is 11.1 Å². The van der Waals surface area contributed by atoms with Crippen LogP contribution in [0.5, 0.6) is 0 Å². The van der Waals surface area contributed by atoms with E-state index in [0.717, 1.165) is 4.90 Å². The predicted octanol–water partition coefficient (Wildman–Crippen LogP) is 0.932. The molecule has 0 bridgehead atoms. The number of amides is 3. The molecule has 114 valence electrons. The van der Waals surface area contributed by atoms with Gasteiger partial charge in [0.25, 0.3) is 5.91 Å². The standard InChI is InChI=1S/C15H15N3O4/c1-15(2)13(20)18(14(21)17-15)8-12(19)22-9-11-6-4-3-5-10(11)7-16/h3-6H,8-9H2,1-2H3,(H,17,21). The van der Waals surface area contributed by atoms with Crippen LogP contribution in [0.25, 0.3) is 0 Å². The van der Waals surface area contributed by atoms with Crippen LogP contribution in [0.2, 0.25) is 0 Å². The van der Waals surface area contributed by atoms with E-state index in [9.17, 15) is 14.4 Å². The van der Waals surface area contributed by atoms with Crippen LogP contribution < -0.4 is 5.32 Å². The molecule has 1 aliphatic heterocycles. The van der Waals surface area contributed by atoms with Gasteiger partial charge in [0.2, 0.25) is 0 Å². The zero-order chi connectivity index (χ0) is 16.3. The molecule has 0 radical (unpaired) electrons. The van der Waals surface area contributed by atoms with E-state index < -0.39 is 30.0 Å². The van der Waals surface area contributed by atoms with E-state index in [4.69, 9.17) is 10.00 Å². The number of nitriles is 1. The molecule has 3 amide bonds. The second-order valence-corrected chi connectivity index (χ2v) is 5.38. The van der Waals surface area contributed by atoms with Crippen LogP contribution in [-0.2, 0) is 20.9 Å². The number of rotatable bonds is 4.